The number of ether oxygens (including phenoxy) is 4. The Morgan fingerprint density at radius 3 is 2.00 bits per heavy atom. The Hall–Kier alpha value is -1.16. The fourth-order valence-electron chi connectivity index (χ4n) is 2.49. The van der Waals surface area contributed by atoms with E-state index >= 15 is 0 Å². The van der Waals surface area contributed by atoms with E-state index in [0.29, 0.717) is 13.2 Å². The van der Waals surface area contributed by atoms with Gasteiger partial charge >= 0.3 is 186 Å². The average molecular weight is 507 g/mol. The fraction of sp³-hybridized carbons (Fsp3) is 0.474. The first kappa shape index (κ1) is 24.1. The van der Waals surface area contributed by atoms with Crippen molar-refractivity contribution in [2.24, 2.45) is 0 Å². The van der Waals surface area contributed by atoms with Gasteiger partial charge in [-0.15, -0.1) is 0 Å². The first-order chi connectivity index (χ1) is 13.9. The number of anilines is 1. The van der Waals surface area contributed by atoms with Gasteiger partial charge in [0.25, 0.3) is 0 Å². The van der Waals surface area contributed by atoms with Gasteiger partial charge in [0.05, 0.1) is 0 Å². The van der Waals surface area contributed by atoms with Crippen LogP contribution in [0.25, 0.3) is 6.08 Å². The number of thioether (sulfide) groups is 2. The second-order valence-electron chi connectivity index (χ2n) is 5.84. The van der Waals surface area contributed by atoms with E-state index in [2.05, 4.69) is 4.94 Å². The Morgan fingerprint density at radius 2 is 1.59 bits per heavy atom. The molecule has 29 heavy (non-hydrogen) atoms. The van der Waals surface area contributed by atoms with Gasteiger partial charge in [-0.2, -0.15) is 0 Å². The van der Waals surface area contributed by atoms with E-state index in [1.165, 1.54) is 37.7 Å². The summed E-state index contributed by atoms with van der Waals surface area (Å²) >= 11 is 2.49. The zero-order valence-corrected chi connectivity index (χ0v) is 20.6. The molecule has 0 bridgehead atoms. The third-order valence-corrected chi connectivity index (χ3v) is 8.32. The van der Waals surface area contributed by atoms with Gasteiger partial charge < -0.3 is 0 Å². The molecule has 1 aromatic rings. The van der Waals surface area contributed by atoms with E-state index in [4.69, 9.17) is 18.9 Å². The zero-order chi connectivity index (χ0) is 21.6. The monoisotopic (exact) mass is 507 g/mol. The molecule has 0 aliphatic carbocycles. The molecule has 0 radical (unpaired) electrons. The van der Waals surface area contributed by atoms with Crippen molar-refractivity contribution in [2.75, 3.05) is 46.4 Å². The Morgan fingerprint density at radius 1 is 1.07 bits per heavy atom. The normalized spacial score (nSPS) is 13.8. The molecular formula is C19H25NO6S2Se. The summed E-state index contributed by atoms with van der Waals surface area (Å²) in [6, 6.07) is 0. The van der Waals surface area contributed by atoms with Crippen LogP contribution >= 0.6 is 23.5 Å². The standard InChI is InChI=1S/C19H25NO6S2Se/c1-7-25-19(26-8-2)16-11(12(10-29-16)20(3)4)9-13-27-14(17(21)23-5)15(28-13)18(22)24-6/h9-10,19H,7-8H2,1-6H3. The summed E-state index contributed by atoms with van der Waals surface area (Å²) in [5, 5.41) is 0. The van der Waals surface area contributed by atoms with Gasteiger partial charge in [0.1, 0.15) is 0 Å². The average Bonchev–Trinajstić information content (AvgIpc) is 3.31. The number of hydrogen-bond donors (Lipinski definition) is 0. The summed E-state index contributed by atoms with van der Waals surface area (Å²) in [5.74, 6) is -1.11. The molecule has 1 aliphatic heterocycles. The molecule has 0 fully saturated rings. The van der Waals surface area contributed by atoms with Crippen molar-refractivity contribution in [1.82, 2.24) is 0 Å². The van der Waals surface area contributed by atoms with E-state index in [1.54, 1.807) is 0 Å². The van der Waals surface area contributed by atoms with E-state index in [0.717, 1.165) is 19.9 Å². The van der Waals surface area contributed by atoms with Crippen molar-refractivity contribution in [3.05, 3.63) is 29.0 Å². The summed E-state index contributed by atoms with van der Waals surface area (Å²) in [7, 11) is 6.54. The molecule has 0 saturated heterocycles. The zero-order valence-electron chi connectivity index (χ0n) is 17.3. The van der Waals surface area contributed by atoms with Crippen LogP contribution in [0.5, 0.6) is 0 Å². The third kappa shape index (κ3) is 5.71. The topological polar surface area (TPSA) is 74.3 Å². The van der Waals surface area contributed by atoms with Crippen LogP contribution < -0.4 is 4.90 Å². The van der Waals surface area contributed by atoms with Crippen molar-refractivity contribution in [3.63, 3.8) is 0 Å². The second-order valence-corrected chi connectivity index (χ2v) is 10.1. The molecule has 160 valence electrons. The molecule has 0 saturated carbocycles. The first-order valence-corrected chi connectivity index (χ1v) is 12.4. The van der Waals surface area contributed by atoms with Crippen LogP contribution in [0.1, 0.15) is 30.1 Å². The molecule has 2 heterocycles. The fourth-order valence-corrected chi connectivity index (χ4v) is 7.19. The van der Waals surface area contributed by atoms with E-state index in [1.807, 2.05) is 38.9 Å². The second kappa shape index (κ2) is 11.3. The summed E-state index contributed by atoms with van der Waals surface area (Å²) < 4.78 is 23.2. The number of methoxy groups -OCH3 is 2. The minimum absolute atomic E-state index is 0.0682. The van der Waals surface area contributed by atoms with E-state index < -0.39 is 18.2 Å². The summed E-state index contributed by atoms with van der Waals surface area (Å²) in [5.41, 5.74) is 2.05. The van der Waals surface area contributed by atoms with Gasteiger partial charge in [0, 0.05) is 0 Å². The predicted molar refractivity (Wildman–Crippen MR) is 118 cm³/mol. The van der Waals surface area contributed by atoms with E-state index in [-0.39, 0.29) is 24.3 Å². The number of esters is 2. The van der Waals surface area contributed by atoms with Gasteiger partial charge in [0.15, 0.2) is 0 Å². The van der Waals surface area contributed by atoms with Crippen LogP contribution in [0, 0.1) is 0 Å². The Bertz CT molecular complexity index is 782. The Labute approximate surface area is 185 Å². The Balaban J connectivity index is 2.47. The predicted octanol–water partition coefficient (Wildman–Crippen LogP) is 3.22. The molecule has 1 aromatic heterocycles. The first-order valence-electron chi connectivity index (χ1n) is 8.88. The molecule has 0 unspecified atom stereocenters. The molecule has 0 atom stereocenters. The van der Waals surface area contributed by atoms with Crippen molar-refractivity contribution >= 4 is 61.7 Å². The molecule has 7 nitrogen and oxygen atoms in total. The molecule has 0 N–H and O–H groups in total. The van der Waals surface area contributed by atoms with Gasteiger partial charge in [-0.05, 0) is 0 Å². The number of nitrogens with zero attached hydrogens (tertiary/aromatic N) is 1. The van der Waals surface area contributed by atoms with Crippen LogP contribution in [0.3, 0.4) is 0 Å². The van der Waals surface area contributed by atoms with E-state index in [9.17, 15) is 9.59 Å². The van der Waals surface area contributed by atoms with Crippen molar-refractivity contribution < 1.29 is 28.5 Å². The van der Waals surface area contributed by atoms with Gasteiger partial charge in [0.2, 0.25) is 0 Å². The van der Waals surface area contributed by atoms with Crippen LogP contribution in [-0.2, 0) is 28.5 Å². The van der Waals surface area contributed by atoms with Crippen LogP contribution in [-0.4, -0.2) is 68.0 Å². The maximum absolute atomic E-state index is 12.1. The number of carbonyl (C=O) groups excluding carboxylic acids is 2. The van der Waals surface area contributed by atoms with Crippen LogP contribution in [0.2, 0.25) is 0 Å². The molecule has 0 amide bonds. The SMILES string of the molecule is CCOC(OCC)c1[se]cc(N(C)C)c1C=C1SC(C(=O)OC)=C(C(=O)OC)S1. The third-order valence-electron chi connectivity index (χ3n) is 3.79. The molecule has 0 aromatic carbocycles. The number of carbonyl (C=O) groups is 2. The summed E-state index contributed by atoms with van der Waals surface area (Å²) in [4.78, 5) is 28.9. The maximum atomic E-state index is 12.1. The molecule has 0 spiro atoms. The molecule has 1 aliphatic rings. The molecule has 2 rings (SSSR count). The Kier molecular flexibility index (Phi) is 9.39. The summed E-state index contributed by atoms with van der Waals surface area (Å²) in [6.07, 6.45) is 1.56. The van der Waals surface area contributed by atoms with Crippen molar-refractivity contribution in [2.45, 2.75) is 20.1 Å². The summed E-state index contributed by atoms with van der Waals surface area (Å²) in [6.45, 7) is 4.94. The molecular weight excluding hydrogens is 481 g/mol. The number of rotatable bonds is 9. The molecule has 10 heteroatoms. The number of hydrogen-bond acceptors (Lipinski definition) is 9. The minimum atomic E-state index is -0.555. The quantitative estimate of drug-likeness (QED) is 0.285. The van der Waals surface area contributed by atoms with Crippen LogP contribution in [0.15, 0.2) is 19.0 Å². The van der Waals surface area contributed by atoms with Crippen molar-refractivity contribution in [1.29, 1.82) is 0 Å². The van der Waals surface area contributed by atoms with Gasteiger partial charge in [-0.3, -0.25) is 0 Å². The van der Waals surface area contributed by atoms with Gasteiger partial charge in [-0.25, -0.2) is 0 Å². The van der Waals surface area contributed by atoms with Gasteiger partial charge in [-0.1, -0.05) is 0 Å². The van der Waals surface area contributed by atoms with Crippen LogP contribution in [0.4, 0.5) is 5.69 Å². The van der Waals surface area contributed by atoms with Crippen molar-refractivity contribution in [3.8, 4) is 0 Å².